The minimum atomic E-state index is -0.319. The van der Waals surface area contributed by atoms with Gasteiger partial charge in [-0.05, 0) is 67.7 Å². The normalized spacial score (nSPS) is 18.0. The maximum atomic E-state index is 12.3. The summed E-state index contributed by atoms with van der Waals surface area (Å²) >= 11 is 5.62. The van der Waals surface area contributed by atoms with E-state index >= 15 is 0 Å². The number of thiocarbonyl (C=S) groups is 1. The summed E-state index contributed by atoms with van der Waals surface area (Å²) in [5.41, 5.74) is 2.82. The highest BCUT2D eigenvalue weighted by Crippen LogP contribution is 2.39. The second kappa shape index (κ2) is 9.18. The van der Waals surface area contributed by atoms with Crippen molar-refractivity contribution in [2.24, 2.45) is 0 Å². The number of esters is 1. The van der Waals surface area contributed by atoms with Gasteiger partial charge in [-0.25, -0.2) is 0 Å². The molecular weight excluding hydrogens is 412 g/mol. The maximum absolute atomic E-state index is 12.3. The lowest BCUT2D eigenvalue weighted by Crippen LogP contribution is -2.36. The van der Waals surface area contributed by atoms with Crippen molar-refractivity contribution in [1.29, 1.82) is 0 Å². The van der Waals surface area contributed by atoms with Crippen LogP contribution in [0.4, 0.5) is 0 Å². The summed E-state index contributed by atoms with van der Waals surface area (Å²) in [5.74, 6) is 0.470. The quantitative estimate of drug-likeness (QED) is 0.450. The number of aromatic nitrogens is 2. The van der Waals surface area contributed by atoms with E-state index in [2.05, 4.69) is 14.9 Å². The van der Waals surface area contributed by atoms with Gasteiger partial charge in [-0.3, -0.25) is 9.78 Å². The number of rotatable bonds is 7. The molecule has 3 aromatic rings. The van der Waals surface area contributed by atoms with Gasteiger partial charge in [0.15, 0.2) is 5.11 Å². The maximum Gasteiger partial charge on any atom is 0.325 e. The van der Waals surface area contributed by atoms with E-state index < -0.39 is 0 Å². The molecule has 3 heterocycles. The molecule has 2 unspecified atom stereocenters. The summed E-state index contributed by atoms with van der Waals surface area (Å²) in [7, 11) is 1.64. The SMILES string of the molecule is CCOC(=O)CN1C(=S)NC(c2ccccn2)C1c1cccn1-c1ccc(OC)cc1. The van der Waals surface area contributed by atoms with E-state index in [1.807, 2.05) is 65.7 Å². The van der Waals surface area contributed by atoms with E-state index in [0.29, 0.717) is 11.7 Å². The van der Waals surface area contributed by atoms with Crippen molar-refractivity contribution < 1.29 is 14.3 Å². The molecule has 1 fully saturated rings. The highest BCUT2D eigenvalue weighted by molar-refractivity contribution is 7.80. The summed E-state index contributed by atoms with van der Waals surface area (Å²) in [4.78, 5) is 18.8. The molecule has 7 nitrogen and oxygen atoms in total. The Morgan fingerprint density at radius 2 is 1.97 bits per heavy atom. The Bertz CT molecular complexity index is 1050. The summed E-state index contributed by atoms with van der Waals surface area (Å²) in [6.45, 7) is 2.17. The number of benzene rings is 1. The molecule has 1 saturated heterocycles. The van der Waals surface area contributed by atoms with Gasteiger partial charge in [0.1, 0.15) is 12.3 Å². The molecule has 0 bridgehead atoms. The van der Waals surface area contributed by atoms with E-state index in [0.717, 1.165) is 22.8 Å². The van der Waals surface area contributed by atoms with E-state index in [9.17, 15) is 4.79 Å². The molecular formula is C23H24N4O3S. The highest BCUT2D eigenvalue weighted by atomic mass is 32.1. The van der Waals surface area contributed by atoms with E-state index in [1.54, 1.807) is 20.2 Å². The molecule has 1 N–H and O–H groups in total. The van der Waals surface area contributed by atoms with Crippen molar-refractivity contribution in [2.75, 3.05) is 20.3 Å². The van der Waals surface area contributed by atoms with Crippen LogP contribution in [0.15, 0.2) is 67.0 Å². The first kappa shape index (κ1) is 20.9. The minimum Gasteiger partial charge on any atom is -0.497 e. The molecule has 160 valence electrons. The topological polar surface area (TPSA) is 68.6 Å². The van der Waals surface area contributed by atoms with Crippen LogP contribution in [-0.2, 0) is 9.53 Å². The van der Waals surface area contributed by atoms with Crippen LogP contribution in [0.25, 0.3) is 5.69 Å². The first-order valence-corrected chi connectivity index (χ1v) is 10.5. The van der Waals surface area contributed by atoms with Crippen LogP contribution >= 0.6 is 12.2 Å². The van der Waals surface area contributed by atoms with Crippen LogP contribution in [0.5, 0.6) is 5.75 Å². The fourth-order valence-corrected chi connectivity index (χ4v) is 4.16. The molecule has 0 saturated carbocycles. The lowest BCUT2D eigenvalue weighted by Gasteiger charge is -2.28. The Hall–Kier alpha value is -3.39. The van der Waals surface area contributed by atoms with Gasteiger partial charge in [-0.2, -0.15) is 0 Å². The number of hydrogen-bond acceptors (Lipinski definition) is 5. The zero-order valence-electron chi connectivity index (χ0n) is 17.4. The Morgan fingerprint density at radius 3 is 2.65 bits per heavy atom. The molecule has 1 aromatic carbocycles. The van der Waals surface area contributed by atoms with Gasteiger partial charge in [0.2, 0.25) is 0 Å². The van der Waals surface area contributed by atoms with E-state index in [4.69, 9.17) is 21.7 Å². The number of carbonyl (C=O) groups excluding carboxylic acids is 1. The zero-order valence-corrected chi connectivity index (χ0v) is 18.2. The molecule has 31 heavy (non-hydrogen) atoms. The first-order chi connectivity index (χ1) is 15.1. The third kappa shape index (κ3) is 4.25. The number of nitrogens with one attached hydrogen (secondary N) is 1. The summed E-state index contributed by atoms with van der Waals surface area (Å²) in [6.07, 6.45) is 3.75. The third-order valence-electron chi connectivity index (χ3n) is 5.24. The zero-order chi connectivity index (χ0) is 21.8. The van der Waals surface area contributed by atoms with Crippen LogP contribution < -0.4 is 10.1 Å². The first-order valence-electron chi connectivity index (χ1n) is 10.1. The molecule has 1 aliphatic heterocycles. The van der Waals surface area contributed by atoms with Crippen LogP contribution in [0.3, 0.4) is 0 Å². The van der Waals surface area contributed by atoms with Crippen LogP contribution in [0, 0.1) is 0 Å². The van der Waals surface area contributed by atoms with Crippen molar-refractivity contribution in [3.63, 3.8) is 0 Å². The van der Waals surface area contributed by atoms with Crippen LogP contribution in [0.2, 0.25) is 0 Å². The Kier molecular flexibility index (Phi) is 6.18. The molecule has 0 spiro atoms. The molecule has 0 radical (unpaired) electrons. The van der Waals surface area contributed by atoms with Gasteiger partial charge in [0, 0.05) is 23.8 Å². The second-order valence-corrected chi connectivity index (χ2v) is 7.45. The molecule has 8 heteroatoms. The Balaban J connectivity index is 1.76. The number of ether oxygens (including phenoxy) is 2. The lowest BCUT2D eigenvalue weighted by molar-refractivity contribution is -0.143. The Labute approximate surface area is 186 Å². The molecule has 0 amide bonds. The molecule has 2 atom stereocenters. The average Bonchev–Trinajstić information content (AvgIpc) is 3.39. The van der Waals surface area contributed by atoms with Crippen molar-refractivity contribution in [2.45, 2.75) is 19.0 Å². The van der Waals surface area contributed by atoms with Crippen molar-refractivity contribution in [1.82, 2.24) is 19.8 Å². The monoisotopic (exact) mass is 436 g/mol. The summed E-state index contributed by atoms with van der Waals surface area (Å²) in [6, 6.07) is 17.2. The predicted octanol–water partition coefficient (Wildman–Crippen LogP) is 3.42. The summed E-state index contributed by atoms with van der Waals surface area (Å²) < 4.78 is 12.6. The second-order valence-electron chi connectivity index (χ2n) is 7.06. The van der Waals surface area contributed by atoms with Crippen LogP contribution in [0.1, 0.15) is 30.4 Å². The fraction of sp³-hybridized carbons (Fsp3) is 0.261. The molecule has 2 aromatic heterocycles. The highest BCUT2D eigenvalue weighted by Gasteiger charge is 2.42. The smallest absolute Gasteiger partial charge is 0.325 e. The molecule has 4 rings (SSSR count). The van der Waals surface area contributed by atoms with E-state index in [-0.39, 0.29) is 24.6 Å². The summed E-state index contributed by atoms with van der Waals surface area (Å²) in [5, 5.41) is 3.85. The molecule has 0 aliphatic carbocycles. The van der Waals surface area contributed by atoms with Crippen LogP contribution in [-0.4, -0.2) is 45.8 Å². The Morgan fingerprint density at radius 1 is 1.16 bits per heavy atom. The van der Waals surface area contributed by atoms with Gasteiger partial charge >= 0.3 is 5.97 Å². The van der Waals surface area contributed by atoms with Gasteiger partial charge in [0.25, 0.3) is 0 Å². The van der Waals surface area contributed by atoms with E-state index in [1.165, 1.54) is 0 Å². The van der Waals surface area contributed by atoms with Gasteiger partial charge < -0.3 is 24.3 Å². The van der Waals surface area contributed by atoms with Crippen molar-refractivity contribution >= 4 is 23.3 Å². The number of carbonyl (C=O) groups is 1. The predicted molar refractivity (Wildman–Crippen MR) is 121 cm³/mol. The standard InChI is InChI=1S/C23H24N4O3S/c1-3-30-20(28)15-27-22(21(25-23(27)31)18-7-4-5-13-24-18)19-8-6-14-26(19)16-9-11-17(29-2)12-10-16/h4-14,21-22H,3,15H2,1-2H3,(H,25,31). The number of methoxy groups -OCH3 is 1. The molecule has 1 aliphatic rings. The van der Waals surface area contributed by atoms with Crippen molar-refractivity contribution in [3.8, 4) is 11.4 Å². The number of pyridine rings is 1. The van der Waals surface area contributed by atoms with Gasteiger partial charge in [-0.1, -0.05) is 6.07 Å². The van der Waals surface area contributed by atoms with Gasteiger partial charge in [-0.15, -0.1) is 0 Å². The largest absolute Gasteiger partial charge is 0.497 e. The lowest BCUT2D eigenvalue weighted by atomic mass is 10.0. The number of hydrogen-bond donors (Lipinski definition) is 1. The third-order valence-corrected chi connectivity index (χ3v) is 5.59. The fourth-order valence-electron chi connectivity index (χ4n) is 3.86. The van der Waals surface area contributed by atoms with Gasteiger partial charge in [0.05, 0.1) is 31.5 Å². The minimum absolute atomic E-state index is 0.0570. The number of nitrogens with zero attached hydrogens (tertiary/aromatic N) is 3. The van der Waals surface area contributed by atoms with Crippen molar-refractivity contribution in [3.05, 3.63) is 78.4 Å². The average molecular weight is 437 g/mol.